The van der Waals surface area contributed by atoms with E-state index in [1.807, 2.05) is 0 Å². The fraction of sp³-hybridized carbons (Fsp3) is 0.429. The van der Waals surface area contributed by atoms with Gasteiger partial charge >= 0.3 is 0 Å². The third kappa shape index (κ3) is 4.28. The van der Waals surface area contributed by atoms with Crippen LogP contribution >= 0.6 is 31.9 Å². The molecule has 0 amide bonds. The summed E-state index contributed by atoms with van der Waals surface area (Å²) in [6.07, 6.45) is 0.985. The van der Waals surface area contributed by atoms with Gasteiger partial charge in [-0.1, -0.05) is 108 Å². The lowest BCUT2D eigenvalue weighted by molar-refractivity contribution is 0.593. The van der Waals surface area contributed by atoms with Crippen LogP contribution in [0.1, 0.15) is 49.9 Å². The van der Waals surface area contributed by atoms with Gasteiger partial charge in [-0.15, -0.1) is 0 Å². The molecule has 0 radical (unpaired) electrons. The third-order valence-electron chi connectivity index (χ3n) is 4.54. The van der Waals surface area contributed by atoms with Gasteiger partial charge in [0.1, 0.15) is 0 Å². The van der Waals surface area contributed by atoms with Crippen molar-refractivity contribution < 1.29 is 0 Å². The van der Waals surface area contributed by atoms with Crippen molar-refractivity contribution >= 4 is 31.9 Å². The lowest BCUT2D eigenvalue weighted by Gasteiger charge is -2.28. The van der Waals surface area contributed by atoms with Crippen LogP contribution in [0.3, 0.4) is 0 Å². The van der Waals surface area contributed by atoms with Crippen molar-refractivity contribution in [3.8, 4) is 0 Å². The molecule has 2 aromatic rings. The van der Waals surface area contributed by atoms with Crippen molar-refractivity contribution in [3.63, 3.8) is 0 Å². The summed E-state index contributed by atoms with van der Waals surface area (Å²) in [5.41, 5.74) is 5.99. The van der Waals surface area contributed by atoms with Gasteiger partial charge in [0.25, 0.3) is 0 Å². The van der Waals surface area contributed by atoms with Gasteiger partial charge in [0.15, 0.2) is 0 Å². The zero-order chi connectivity index (χ0) is 17.1. The Morgan fingerprint density at radius 1 is 0.652 bits per heavy atom. The fourth-order valence-electron chi connectivity index (χ4n) is 3.02. The highest BCUT2D eigenvalue weighted by molar-refractivity contribution is 9.09. The molecule has 0 saturated heterocycles. The predicted octanol–water partition coefficient (Wildman–Crippen LogP) is 6.62. The Morgan fingerprint density at radius 3 is 1.35 bits per heavy atom. The van der Waals surface area contributed by atoms with Crippen LogP contribution in [0.5, 0.6) is 0 Å². The van der Waals surface area contributed by atoms with Gasteiger partial charge in [0, 0.05) is 10.7 Å². The number of hydrogen-bond acceptors (Lipinski definition) is 0. The number of hydrogen-bond donors (Lipinski definition) is 0. The van der Waals surface area contributed by atoms with Crippen LogP contribution in [0, 0.1) is 0 Å². The molecule has 124 valence electrons. The molecule has 23 heavy (non-hydrogen) atoms. The minimum absolute atomic E-state index is 0.135. The maximum atomic E-state index is 3.68. The van der Waals surface area contributed by atoms with Crippen LogP contribution in [0.2, 0.25) is 0 Å². The third-order valence-corrected chi connectivity index (χ3v) is 7.35. The van der Waals surface area contributed by atoms with E-state index in [1.54, 1.807) is 0 Å². The number of rotatable bonds is 6. The van der Waals surface area contributed by atoms with E-state index in [4.69, 9.17) is 0 Å². The summed E-state index contributed by atoms with van der Waals surface area (Å²) < 4.78 is 0. The van der Waals surface area contributed by atoms with Crippen molar-refractivity contribution in [2.24, 2.45) is 0 Å². The summed E-state index contributed by atoms with van der Waals surface area (Å²) in [6, 6.07) is 17.7. The second kappa shape index (κ2) is 7.53. The minimum Gasteiger partial charge on any atom is -0.0919 e. The highest BCUT2D eigenvalue weighted by atomic mass is 79.9. The van der Waals surface area contributed by atoms with Gasteiger partial charge in [0.05, 0.1) is 0 Å². The molecule has 0 heterocycles. The van der Waals surface area contributed by atoms with Crippen LogP contribution in [0.15, 0.2) is 48.5 Å². The molecular weight excluding hydrogens is 412 g/mol. The highest BCUT2D eigenvalue weighted by Crippen LogP contribution is 2.33. The Bertz CT molecular complexity index is 599. The lowest BCUT2D eigenvalue weighted by Crippen LogP contribution is -2.23. The van der Waals surface area contributed by atoms with Crippen LogP contribution in [0.4, 0.5) is 0 Å². The van der Waals surface area contributed by atoms with Crippen molar-refractivity contribution in [3.05, 3.63) is 70.8 Å². The summed E-state index contributed by atoms with van der Waals surface area (Å²) >= 11 is 7.36. The van der Waals surface area contributed by atoms with Crippen LogP contribution < -0.4 is 0 Å². The zero-order valence-electron chi connectivity index (χ0n) is 14.5. The molecule has 0 nitrogen and oxygen atoms in total. The normalized spacial score (nSPS) is 12.4. The predicted molar refractivity (Wildman–Crippen MR) is 109 cm³/mol. The average Bonchev–Trinajstić information content (AvgIpc) is 2.55. The summed E-state index contributed by atoms with van der Waals surface area (Å²) in [7, 11) is 0. The van der Waals surface area contributed by atoms with E-state index in [1.165, 1.54) is 22.3 Å². The second-order valence-electron chi connectivity index (χ2n) is 7.53. The van der Waals surface area contributed by atoms with E-state index in [0.29, 0.717) is 0 Å². The number of benzene rings is 2. The van der Waals surface area contributed by atoms with E-state index < -0.39 is 0 Å². The summed E-state index contributed by atoms with van der Waals surface area (Å²) in [5.74, 6) is 0. The van der Waals surface area contributed by atoms with E-state index >= 15 is 0 Å². The molecule has 0 aliphatic heterocycles. The minimum atomic E-state index is 0.135. The van der Waals surface area contributed by atoms with E-state index in [2.05, 4.69) is 108 Å². The molecule has 2 aromatic carbocycles. The first kappa shape index (κ1) is 18.7. The van der Waals surface area contributed by atoms with Gasteiger partial charge in [-0.2, -0.15) is 0 Å². The zero-order valence-corrected chi connectivity index (χ0v) is 17.7. The summed E-state index contributed by atoms with van der Waals surface area (Å²) in [6.45, 7) is 9.20. The Hall–Kier alpha value is -0.600. The molecule has 0 aromatic heterocycles. The first-order chi connectivity index (χ1) is 10.8. The molecular formula is C21H26Br2. The summed E-state index contributed by atoms with van der Waals surface area (Å²) in [4.78, 5) is 0. The highest BCUT2D eigenvalue weighted by Gasteiger charge is 2.25. The van der Waals surface area contributed by atoms with Crippen LogP contribution in [-0.2, 0) is 17.3 Å². The van der Waals surface area contributed by atoms with Crippen LogP contribution in [-0.4, -0.2) is 10.7 Å². The lowest BCUT2D eigenvalue weighted by atomic mass is 9.79. The second-order valence-corrected chi connectivity index (χ2v) is 8.65. The Morgan fingerprint density at radius 2 is 1.00 bits per heavy atom. The maximum Gasteiger partial charge on any atom is 0.0123 e. The van der Waals surface area contributed by atoms with Gasteiger partial charge in [-0.25, -0.2) is 0 Å². The van der Waals surface area contributed by atoms with E-state index in [0.717, 1.165) is 17.1 Å². The van der Waals surface area contributed by atoms with Gasteiger partial charge in [-0.3, -0.25) is 0 Å². The quantitative estimate of drug-likeness (QED) is 0.445. The molecule has 0 spiro atoms. The first-order valence-corrected chi connectivity index (χ1v) is 10.3. The molecule has 0 atom stereocenters. The Balaban J connectivity index is 2.46. The van der Waals surface area contributed by atoms with Gasteiger partial charge in [0.2, 0.25) is 0 Å². The van der Waals surface area contributed by atoms with Crippen molar-refractivity contribution in [2.45, 2.75) is 44.9 Å². The summed E-state index contributed by atoms with van der Waals surface area (Å²) in [5, 5.41) is 1.93. The molecule has 0 bridgehead atoms. The smallest absolute Gasteiger partial charge is 0.0123 e. The van der Waals surface area contributed by atoms with Crippen molar-refractivity contribution in [1.82, 2.24) is 0 Å². The van der Waals surface area contributed by atoms with Gasteiger partial charge < -0.3 is 0 Å². The SMILES string of the molecule is CC(C)(CBr)c1ccccc1Cc1ccccc1C(C)(C)CBr. The molecule has 0 aliphatic carbocycles. The maximum absolute atomic E-state index is 3.68. The first-order valence-electron chi connectivity index (χ1n) is 8.10. The van der Waals surface area contributed by atoms with Crippen molar-refractivity contribution in [2.75, 3.05) is 10.7 Å². The molecule has 2 rings (SSSR count). The Kier molecular flexibility index (Phi) is 6.13. The molecule has 2 heteroatoms. The van der Waals surface area contributed by atoms with Crippen LogP contribution in [0.25, 0.3) is 0 Å². The van der Waals surface area contributed by atoms with E-state index in [9.17, 15) is 0 Å². The van der Waals surface area contributed by atoms with Gasteiger partial charge in [-0.05, 0) is 39.5 Å². The monoisotopic (exact) mass is 436 g/mol. The molecule has 0 saturated carbocycles. The topological polar surface area (TPSA) is 0 Å². The number of alkyl halides is 2. The molecule has 0 N–H and O–H groups in total. The molecule has 0 aliphatic rings. The van der Waals surface area contributed by atoms with E-state index in [-0.39, 0.29) is 10.8 Å². The largest absolute Gasteiger partial charge is 0.0919 e. The van der Waals surface area contributed by atoms with Crippen molar-refractivity contribution in [1.29, 1.82) is 0 Å². The standard InChI is InChI=1S/C21H26Br2/c1-20(2,14-22)18-11-7-5-9-16(18)13-17-10-6-8-12-19(17)21(3,4)15-23/h5-12H,13-15H2,1-4H3. The number of halogens is 2. The fourth-order valence-corrected chi connectivity index (χ4v) is 3.62. The average molecular weight is 438 g/mol. The molecule has 0 unspecified atom stereocenters. The molecule has 0 fully saturated rings. The Labute approximate surface area is 158 Å².